The van der Waals surface area contributed by atoms with Crippen LogP contribution in [0.4, 0.5) is 11.4 Å². The van der Waals surface area contributed by atoms with Crippen molar-refractivity contribution < 1.29 is 13.3 Å². The molecular weight excluding hydrogens is 360 g/mol. The Morgan fingerprint density at radius 3 is 2.62 bits per heavy atom. The lowest BCUT2D eigenvalue weighted by Crippen LogP contribution is -2.21. The van der Waals surface area contributed by atoms with Gasteiger partial charge in [-0.2, -0.15) is 0 Å². The van der Waals surface area contributed by atoms with Crippen LogP contribution in [0.5, 0.6) is 0 Å². The van der Waals surface area contributed by atoms with Crippen molar-refractivity contribution >= 4 is 32.2 Å². The van der Waals surface area contributed by atoms with Gasteiger partial charge in [0.15, 0.2) is 9.84 Å². The average molecular weight is 376 g/mol. The predicted octanol–water partition coefficient (Wildman–Crippen LogP) is 1.75. The van der Waals surface area contributed by atoms with E-state index in [0.29, 0.717) is 5.52 Å². The Kier molecular flexibility index (Phi) is 4.51. The molecule has 3 rings (SSSR count). The van der Waals surface area contributed by atoms with E-state index in [1.807, 2.05) is 0 Å². The van der Waals surface area contributed by atoms with Crippen LogP contribution in [0.15, 0.2) is 52.2 Å². The summed E-state index contributed by atoms with van der Waals surface area (Å²) in [6, 6.07) is 11.2. The van der Waals surface area contributed by atoms with Gasteiger partial charge >= 0.3 is 11.4 Å². The van der Waals surface area contributed by atoms with Gasteiger partial charge in [0.1, 0.15) is 10.6 Å². The molecule has 0 atom stereocenters. The number of hydrogen-bond acceptors (Lipinski definition) is 6. The Morgan fingerprint density at radius 1 is 1.19 bits per heavy atom. The molecule has 0 aliphatic heterocycles. The third kappa shape index (κ3) is 3.31. The molecule has 3 aromatic rings. The number of fused-ring (bicyclic) bond motifs is 1. The first-order valence-electron chi connectivity index (χ1n) is 7.68. The van der Waals surface area contributed by atoms with Crippen molar-refractivity contribution in [3.8, 4) is 0 Å². The van der Waals surface area contributed by atoms with Crippen molar-refractivity contribution in [2.24, 2.45) is 0 Å². The van der Waals surface area contributed by atoms with Crippen molar-refractivity contribution in [3.63, 3.8) is 0 Å². The number of imidazole rings is 1. The molecule has 0 spiro atoms. The molecule has 9 nitrogen and oxygen atoms in total. The molecule has 0 saturated heterocycles. The molecule has 2 aromatic carbocycles. The highest BCUT2D eigenvalue weighted by Gasteiger charge is 2.25. The maximum absolute atomic E-state index is 12.0. The van der Waals surface area contributed by atoms with E-state index < -0.39 is 20.4 Å². The van der Waals surface area contributed by atoms with Crippen LogP contribution >= 0.6 is 0 Å². The van der Waals surface area contributed by atoms with Gasteiger partial charge in [-0.3, -0.25) is 14.7 Å². The van der Waals surface area contributed by atoms with Crippen LogP contribution in [0.3, 0.4) is 0 Å². The minimum absolute atomic E-state index is 0.0887. The highest BCUT2D eigenvalue weighted by Crippen LogP contribution is 2.31. The molecule has 1 heterocycles. The van der Waals surface area contributed by atoms with Crippen LogP contribution in [0, 0.1) is 10.1 Å². The summed E-state index contributed by atoms with van der Waals surface area (Å²) in [6.45, 7) is 0.457. The van der Waals surface area contributed by atoms with E-state index in [1.54, 1.807) is 24.3 Å². The third-order valence-corrected chi connectivity index (χ3v) is 5.04. The van der Waals surface area contributed by atoms with Gasteiger partial charge in [-0.1, -0.05) is 18.2 Å². The molecule has 0 saturated carbocycles. The van der Waals surface area contributed by atoms with E-state index in [9.17, 15) is 23.3 Å². The second-order valence-corrected chi connectivity index (χ2v) is 7.69. The van der Waals surface area contributed by atoms with Crippen LogP contribution in [0.1, 0.15) is 0 Å². The molecule has 1 aromatic heterocycles. The number of nitrogens with one attached hydrogen (secondary N) is 2. The fourth-order valence-electron chi connectivity index (χ4n) is 2.78. The zero-order valence-electron chi connectivity index (χ0n) is 13.8. The van der Waals surface area contributed by atoms with Crippen LogP contribution in [0.2, 0.25) is 0 Å². The summed E-state index contributed by atoms with van der Waals surface area (Å²) in [6.07, 6.45) is 0.921. The van der Waals surface area contributed by atoms with Gasteiger partial charge in [-0.15, -0.1) is 0 Å². The van der Waals surface area contributed by atoms with E-state index in [4.69, 9.17) is 0 Å². The smallest absolute Gasteiger partial charge is 0.326 e. The van der Waals surface area contributed by atoms with Gasteiger partial charge in [-0.25, -0.2) is 13.2 Å². The number of para-hydroxylation sites is 3. The standard InChI is InChI=1S/C16H16N4O5S/c1-26(24,25)14-8-4-6-12(15(14)20(22)23)17-9-10-19-13-7-3-2-5-11(13)18-16(19)21/h2-8,17H,9-10H2,1H3,(H,18,21). The molecule has 2 N–H and O–H groups in total. The lowest BCUT2D eigenvalue weighted by atomic mass is 10.2. The summed E-state index contributed by atoms with van der Waals surface area (Å²) >= 11 is 0. The summed E-state index contributed by atoms with van der Waals surface area (Å²) < 4.78 is 25.1. The van der Waals surface area contributed by atoms with E-state index in [2.05, 4.69) is 10.3 Å². The van der Waals surface area contributed by atoms with Crippen molar-refractivity contribution in [2.45, 2.75) is 11.4 Å². The van der Waals surface area contributed by atoms with E-state index in [0.717, 1.165) is 11.8 Å². The normalized spacial score (nSPS) is 11.6. The fraction of sp³-hybridized carbons (Fsp3) is 0.188. The van der Waals surface area contributed by atoms with Crippen LogP contribution in [-0.2, 0) is 16.4 Å². The first kappa shape index (κ1) is 17.7. The fourth-order valence-corrected chi connectivity index (χ4v) is 3.65. The van der Waals surface area contributed by atoms with Gasteiger partial charge < -0.3 is 10.3 Å². The molecule has 0 amide bonds. The molecule has 26 heavy (non-hydrogen) atoms. The number of aromatic amines is 1. The second-order valence-electron chi connectivity index (χ2n) is 5.71. The maximum Gasteiger partial charge on any atom is 0.326 e. The van der Waals surface area contributed by atoms with Crippen molar-refractivity contribution in [1.29, 1.82) is 0 Å². The minimum atomic E-state index is -3.75. The molecule has 0 fully saturated rings. The third-order valence-electron chi connectivity index (χ3n) is 3.91. The number of hydrogen-bond donors (Lipinski definition) is 2. The van der Waals surface area contributed by atoms with Crippen molar-refractivity contribution in [2.75, 3.05) is 18.1 Å². The quantitative estimate of drug-likeness (QED) is 0.498. The summed E-state index contributed by atoms with van der Waals surface area (Å²) in [4.78, 5) is 25.0. The highest BCUT2D eigenvalue weighted by atomic mass is 32.2. The molecular formula is C16H16N4O5S. The maximum atomic E-state index is 12.0. The number of sulfone groups is 1. The molecule has 0 aliphatic rings. The second kappa shape index (κ2) is 6.64. The molecule has 10 heteroatoms. The Labute approximate surface area is 148 Å². The van der Waals surface area contributed by atoms with E-state index in [-0.39, 0.29) is 29.4 Å². The Morgan fingerprint density at radius 2 is 1.92 bits per heavy atom. The van der Waals surface area contributed by atoms with Crippen molar-refractivity contribution in [1.82, 2.24) is 9.55 Å². The molecule has 136 valence electrons. The monoisotopic (exact) mass is 376 g/mol. The first-order chi connectivity index (χ1) is 12.3. The zero-order valence-corrected chi connectivity index (χ0v) is 14.6. The van der Waals surface area contributed by atoms with Gasteiger partial charge in [-0.05, 0) is 24.3 Å². The minimum Gasteiger partial charge on any atom is -0.378 e. The lowest BCUT2D eigenvalue weighted by Gasteiger charge is -2.10. The number of H-pyrrole nitrogens is 1. The van der Waals surface area contributed by atoms with Gasteiger partial charge in [0.25, 0.3) is 0 Å². The Hall–Kier alpha value is -3.14. The van der Waals surface area contributed by atoms with Gasteiger partial charge in [0.05, 0.1) is 16.0 Å². The number of benzene rings is 2. The number of rotatable bonds is 6. The molecule has 0 radical (unpaired) electrons. The van der Waals surface area contributed by atoms with Crippen LogP contribution < -0.4 is 11.0 Å². The predicted molar refractivity (Wildman–Crippen MR) is 97.3 cm³/mol. The molecule has 0 aliphatic carbocycles. The van der Waals surface area contributed by atoms with E-state index in [1.165, 1.54) is 22.8 Å². The molecule has 0 unspecified atom stereocenters. The average Bonchev–Trinajstić information content (AvgIpc) is 2.89. The zero-order chi connectivity index (χ0) is 18.9. The summed E-state index contributed by atoms with van der Waals surface area (Å²) in [7, 11) is -3.75. The first-order valence-corrected chi connectivity index (χ1v) is 9.57. The Balaban J connectivity index is 1.87. The van der Waals surface area contributed by atoms with Crippen molar-refractivity contribution in [3.05, 3.63) is 63.1 Å². The summed E-state index contributed by atoms with van der Waals surface area (Å²) in [5, 5.41) is 14.2. The summed E-state index contributed by atoms with van der Waals surface area (Å²) in [5.41, 5.74) is 0.723. The largest absolute Gasteiger partial charge is 0.378 e. The number of nitro benzene ring substituents is 1. The topological polar surface area (TPSA) is 127 Å². The number of nitrogens with zero attached hydrogens (tertiary/aromatic N) is 2. The van der Waals surface area contributed by atoms with Gasteiger partial charge in [0, 0.05) is 19.3 Å². The Bertz CT molecular complexity index is 1150. The SMILES string of the molecule is CS(=O)(=O)c1cccc(NCCn2c(=O)[nH]c3ccccc32)c1[N+](=O)[O-]. The van der Waals surface area contributed by atoms with Gasteiger partial charge in [0.2, 0.25) is 0 Å². The summed E-state index contributed by atoms with van der Waals surface area (Å²) in [5.74, 6) is 0. The number of anilines is 1. The number of aromatic nitrogens is 2. The lowest BCUT2D eigenvalue weighted by molar-refractivity contribution is -0.386. The van der Waals surface area contributed by atoms with Crippen LogP contribution in [-0.4, -0.2) is 35.7 Å². The van der Waals surface area contributed by atoms with Crippen LogP contribution in [0.25, 0.3) is 11.0 Å². The highest BCUT2D eigenvalue weighted by molar-refractivity contribution is 7.90. The number of nitro groups is 1. The molecule has 0 bridgehead atoms. The van der Waals surface area contributed by atoms with E-state index >= 15 is 0 Å².